The van der Waals surface area contributed by atoms with Gasteiger partial charge in [0, 0.05) is 38.3 Å². The molecule has 0 atom stereocenters. The molecule has 0 saturated heterocycles. The van der Waals surface area contributed by atoms with E-state index in [2.05, 4.69) is 15.3 Å². The number of nitrogens with one attached hydrogen (secondary N) is 1. The fraction of sp³-hybridized carbons (Fsp3) is 0.500. The number of methoxy groups -OCH3 is 2. The topological polar surface area (TPSA) is 88.8 Å². The first kappa shape index (κ1) is 24.1. The molecule has 1 aliphatic carbocycles. The van der Waals surface area contributed by atoms with Crippen molar-refractivity contribution < 1.29 is 9.47 Å². The van der Waals surface area contributed by atoms with Gasteiger partial charge in [-0.2, -0.15) is 0 Å². The van der Waals surface area contributed by atoms with Crippen molar-refractivity contribution in [2.45, 2.75) is 44.7 Å². The number of halogens is 1. The highest BCUT2D eigenvalue weighted by molar-refractivity contribution is 7.80. The number of thiocarbonyl (C=S) groups is 1. The van der Waals surface area contributed by atoms with Gasteiger partial charge in [-0.3, -0.25) is 0 Å². The number of rotatable bonds is 7. The molecule has 0 unspecified atom stereocenters. The van der Waals surface area contributed by atoms with E-state index in [0.717, 1.165) is 48.8 Å². The van der Waals surface area contributed by atoms with Crippen molar-refractivity contribution in [3.05, 3.63) is 29.0 Å². The summed E-state index contributed by atoms with van der Waals surface area (Å²) in [4.78, 5) is 12.9. The van der Waals surface area contributed by atoms with Crippen LogP contribution in [0.15, 0.2) is 18.2 Å². The van der Waals surface area contributed by atoms with E-state index in [1.165, 1.54) is 0 Å². The first-order valence-electron chi connectivity index (χ1n) is 10.5. The van der Waals surface area contributed by atoms with E-state index >= 15 is 0 Å². The van der Waals surface area contributed by atoms with Crippen LogP contribution in [0.5, 0.6) is 11.5 Å². The van der Waals surface area contributed by atoms with E-state index < -0.39 is 0 Å². The number of ether oxygens (including phenoxy) is 2. The number of aromatic nitrogens is 2. The largest absolute Gasteiger partial charge is 0.495 e. The highest BCUT2D eigenvalue weighted by Crippen LogP contribution is 2.40. The van der Waals surface area contributed by atoms with Crippen LogP contribution in [0.1, 0.15) is 31.5 Å². The molecule has 8 nitrogen and oxygen atoms in total. The third kappa shape index (κ3) is 5.45. The van der Waals surface area contributed by atoms with Crippen molar-refractivity contribution in [1.82, 2.24) is 9.97 Å². The van der Waals surface area contributed by atoms with Crippen LogP contribution in [0.3, 0.4) is 0 Å². The van der Waals surface area contributed by atoms with Crippen molar-refractivity contribution in [3.63, 3.8) is 0 Å². The maximum absolute atomic E-state index is 6.39. The molecule has 0 aliphatic heterocycles. The third-order valence-corrected chi connectivity index (χ3v) is 6.14. The van der Waals surface area contributed by atoms with E-state index in [0.29, 0.717) is 27.7 Å². The number of nitrogens with zero attached hydrogens (tertiary/aromatic N) is 4. The Kier molecular flexibility index (Phi) is 7.84. The van der Waals surface area contributed by atoms with Crippen LogP contribution in [0.25, 0.3) is 0 Å². The summed E-state index contributed by atoms with van der Waals surface area (Å²) in [5, 5.41) is 4.35. The van der Waals surface area contributed by atoms with Gasteiger partial charge in [0.25, 0.3) is 0 Å². The van der Waals surface area contributed by atoms with Gasteiger partial charge < -0.3 is 30.3 Å². The van der Waals surface area contributed by atoms with Crippen LogP contribution in [0, 0.1) is 6.92 Å². The molecule has 1 saturated carbocycles. The molecule has 10 heteroatoms. The van der Waals surface area contributed by atoms with Gasteiger partial charge in [0.05, 0.1) is 24.9 Å². The molecular formula is C22H31ClN6O2S. The summed E-state index contributed by atoms with van der Waals surface area (Å²) in [7, 11) is 7.12. The van der Waals surface area contributed by atoms with E-state index in [1.807, 2.05) is 36.9 Å². The van der Waals surface area contributed by atoms with Gasteiger partial charge in [-0.25, -0.2) is 9.97 Å². The van der Waals surface area contributed by atoms with Gasteiger partial charge in [0.15, 0.2) is 5.11 Å². The van der Waals surface area contributed by atoms with Crippen LogP contribution in [0.4, 0.5) is 17.3 Å². The molecule has 32 heavy (non-hydrogen) atoms. The maximum Gasteiger partial charge on any atom is 0.171 e. The predicted octanol–water partition coefficient (Wildman–Crippen LogP) is 3.99. The average molecular weight is 479 g/mol. The SMILES string of the molecule is COc1cc(OC)c(N(C(N)=S)C2CCC(Nc3cc(N(C)C)nc(C)n3)CC2)cc1Cl. The minimum absolute atomic E-state index is 0.147. The Morgan fingerprint density at radius 1 is 1.09 bits per heavy atom. The second-order valence-electron chi connectivity index (χ2n) is 8.07. The standard InChI is InChI=1S/C22H31ClN6O2S/c1-13-25-20(12-21(26-13)28(2)3)27-14-6-8-15(9-7-14)29(22(24)32)17-10-16(23)18(30-4)11-19(17)31-5/h10-12,14-15H,6-9H2,1-5H3,(H2,24,32)(H,25,26,27). The van der Waals surface area contributed by atoms with E-state index in [4.69, 9.17) is 39.0 Å². The second-order valence-corrected chi connectivity index (χ2v) is 8.90. The molecule has 0 spiro atoms. The number of anilines is 3. The smallest absolute Gasteiger partial charge is 0.171 e. The number of nitrogens with two attached hydrogens (primary N) is 1. The molecule has 3 N–H and O–H groups in total. The molecule has 1 aromatic carbocycles. The minimum atomic E-state index is 0.147. The third-order valence-electron chi connectivity index (χ3n) is 5.65. The Morgan fingerprint density at radius 3 is 2.31 bits per heavy atom. The summed E-state index contributed by atoms with van der Waals surface area (Å²) in [6, 6.07) is 5.99. The fourth-order valence-electron chi connectivity index (χ4n) is 4.07. The maximum atomic E-state index is 6.39. The van der Waals surface area contributed by atoms with Crippen molar-refractivity contribution in [1.29, 1.82) is 0 Å². The minimum Gasteiger partial charge on any atom is -0.495 e. The Bertz CT molecular complexity index is 966. The van der Waals surface area contributed by atoms with Gasteiger partial charge >= 0.3 is 0 Å². The molecule has 0 radical (unpaired) electrons. The molecule has 1 aromatic heterocycles. The zero-order valence-electron chi connectivity index (χ0n) is 19.2. The lowest BCUT2D eigenvalue weighted by Crippen LogP contribution is -2.46. The Morgan fingerprint density at radius 2 is 1.75 bits per heavy atom. The second kappa shape index (κ2) is 10.4. The van der Waals surface area contributed by atoms with Gasteiger partial charge in [0.2, 0.25) is 0 Å². The zero-order chi connectivity index (χ0) is 23.4. The normalized spacial score (nSPS) is 18.1. The van der Waals surface area contributed by atoms with E-state index in [1.54, 1.807) is 26.4 Å². The summed E-state index contributed by atoms with van der Waals surface area (Å²) >= 11 is 11.8. The van der Waals surface area contributed by atoms with Gasteiger partial charge in [-0.15, -0.1) is 0 Å². The lowest BCUT2D eigenvalue weighted by Gasteiger charge is -2.38. The highest BCUT2D eigenvalue weighted by Gasteiger charge is 2.30. The van der Waals surface area contributed by atoms with Crippen molar-refractivity contribution in [2.75, 3.05) is 43.4 Å². The lowest BCUT2D eigenvalue weighted by atomic mass is 9.90. The lowest BCUT2D eigenvalue weighted by molar-refractivity contribution is 0.387. The fourth-order valence-corrected chi connectivity index (χ4v) is 4.55. The zero-order valence-corrected chi connectivity index (χ0v) is 20.8. The average Bonchev–Trinajstić information content (AvgIpc) is 2.74. The van der Waals surface area contributed by atoms with Crippen molar-refractivity contribution >= 4 is 46.3 Å². The molecule has 1 fully saturated rings. The quantitative estimate of drug-likeness (QED) is 0.573. The van der Waals surface area contributed by atoms with Crippen molar-refractivity contribution in [2.24, 2.45) is 5.73 Å². The van der Waals surface area contributed by atoms with Crippen LogP contribution in [0.2, 0.25) is 5.02 Å². The molecule has 174 valence electrons. The summed E-state index contributed by atoms with van der Waals surface area (Å²) in [5.74, 6) is 3.64. The number of benzene rings is 1. The van der Waals surface area contributed by atoms with E-state index in [-0.39, 0.29) is 6.04 Å². The number of aryl methyl sites for hydroxylation is 1. The summed E-state index contributed by atoms with van der Waals surface area (Å²) in [5.41, 5.74) is 6.91. The molecule has 0 bridgehead atoms. The monoisotopic (exact) mass is 478 g/mol. The molecule has 3 rings (SSSR count). The number of hydrogen-bond donors (Lipinski definition) is 2. The van der Waals surface area contributed by atoms with Gasteiger partial charge in [-0.05, 0) is 50.9 Å². The van der Waals surface area contributed by atoms with Crippen molar-refractivity contribution in [3.8, 4) is 11.5 Å². The molecular weight excluding hydrogens is 448 g/mol. The molecule has 2 aromatic rings. The Hall–Kier alpha value is -2.52. The van der Waals surface area contributed by atoms with E-state index in [9.17, 15) is 0 Å². The number of hydrogen-bond acceptors (Lipinski definition) is 7. The molecule has 1 aliphatic rings. The van der Waals surface area contributed by atoms with Crippen LogP contribution in [-0.4, -0.2) is 55.5 Å². The van der Waals surface area contributed by atoms with Gasteiger partial charge in [-0.1, -0.05) is 11.6 Å². The summed E-state index contributed by atoms with van der Waals surface area (Å²) < 4.78 is 10.9. The van der Waals surface area contributed by atoms with Crippen LogP contribution < -0.4 is 30.3 Å². The summed E-state index contributed by atoms with van der Waals surface area (Å²) in [6.07, 6.45) is 3.73. The first-order valence-corrected chi connectivity index (χ1v) is 11.3. The summed E-state index contributed by atoms with van der Waals surface area (Å²) in [6.45, 7) is 1.91. The Labute approximate surface area is 200 Å². The van der Waals surface area contributed by atoms with Gasteiger partial charge in [0.1, 0.15) is 29.0 Å². The Balaban J connectivity index is 1.74. The molecule has 0 amide bonds. The van der Waals surface area contributed by atoms with Crippen LogP contribution >= 0.6 is 23.8 Å². The first-order chi connectivity index (χ1) is 15.2. The molecule has 1 heterocycles. The predicted molar refractivity (Wildman–Crippen MR) is 135 cm³/mol. The van der Waals surface area contributed by atoms with Crippen LogP contribution in [-0.2, 0) is 0 Å². The highest BCUT2D eigenvalue weighted by atomic mass is 35.5.